The van der Waals surface area contributed by atoms with Crippen molar-refractivity contribution in [3.05, 3.63) is 35.9 Å². The summed E-state index contributed by atoms with van der Waals surface area (Å²) in [5.74, 6) is 2.52. The van der Waals surface area contributed by atoms with Crippen molar-refractivity contribution in [3.63, 3.8) is 0 Å². The van der Waals surface area contributed by atoms with Gasteiger partial charge in [0.15, 0.2) is 0 Å². The van der Waals surface area contributed by atoms with Crippen molar-refractivity contribution in [2.45, 2.75) is 64.2 Å². The van der Waals surface area contributed by atoms with E-state index >= 15 is 0 Å². The molecular formula is C24H35NO3. The van der Waals surface area contributed by atoms with Crippen molar-refractivity contribution in [2.24, 2.45) is 23.7 Å². The molecule has 2 saturated carbocycles. The van der Waals surface area contributed by atoms with E-state index in [1.54, 1.807) is 0 Å². The summed E-state index contributed by atoms with van der Waals surface area (Å²) in [6, 6.07) is 10.4. The highest BCUT2D eigenvalue weighted by Crippen LogP contribution is 2.54. The van der Waals surface area contributed by atoms with Crippen LogP contribution in [0.4, 0.5) is 0 Å². The van der Waals surface area contributed by atoms with Crippen LogP contribution in [0.15, 0.2) is 30.3 Å². The fourth-order valence-corrected chi connectivity index (χ4v) is 5.43. The zero-order valence-corrected chi connectivity index (χ0v) is 17.4. The summed E-state index contributed by atoms with van der Waals surface area (Å²) in [7, 11) is 1.44. The summed E-state index contributed by atoms with van der Waals surface area (Å²) in [6.07, 6.45) is 8.41. The summed E-state index contributed by atoms with van der Waals surface area (Å²) in [5, 5.41) is 3.26. The Morgan fingerprint density at radius 2 is 1.86 bits per heavy atom. The molecule has 5 atom stereocenters. The second kappa shape index (κ2) is 10.1. The van der Waals surface area contributed by atoms with Crippen LogP contribution in [0.5, 0.6) is 0 Å². The summed E-state index contributed by atoms with van der Waals surface area (Å²) in [4.78, 5) is 24.3. The molecule has 3 rings (SSSR count). The number of nitrogens with one attached hydrogen (secondary N) is 1. The van der Waals surface area contributed by atoms with Gasteiger partial charge in [-0.1, -0.05) is 50.1 Å². The summed E-state index contributed by atoms with van der Waals surface area (Å²) < 4.78 is 4.71. The van der Waals surface area contributed by atoms with Crippen LogP contribution in [0.1, 0.15) is 69.8 Å². The SMILES string of the molecule is COC(=O)CCCCCC1C2CCC(C2)C1C(=O)NCC(C)c1ccccc1. The van der Waals surface area contributed by atoms with E-state index in [1.165, 1.54) is 31.9 Å². The minimum absolute atomic E-state index is 0.121. The molecule has 2 fully saturated rings. The smallest absolute Gasteiger partial charge is 0.305 e. The zero-order chi connectivity index (χ0) is 19.9. The lowest BCUT2D eigenvalue weighted by Crippen LogP contribution is -2.39. The highest BCUT2D eigenvalue weighted by atomic mass is 16.5. The second-order valence-electron chi connectivity index (χ2n) is 8.76. The van der Waals surface area contributed by atoms with Gasteiger partial charge in [0, 0.05) is 18.9 Å². The Morgan fingerprint density at radius 1 is 1.11 bits per heavy atom. The van der Waals surface area contributed by atoms with Crippen molar-refractivity contribution < 1.29 is 14.3 Å². The van der Waals surface area contributed by atoms with E-state index in [2.05, 4.69) is 36.5 Å². The molecule has 1 aromatic rings. The summed E-state index contributed by atoms with van der Waals surface area (Å²) in [6.45, 7) is 2.89. The van der Waals surface area contributed by atoms with Gasteiger partial charge in [-0.25, -0.2) is 0 Å². The second-order valence-corrected chi connectivity index (χ2v) is 8.76. The van der Waals surface area contributed by atoms with Gasteiger partial charge in [0.25, 0.3) is 0 Å². The van der Waals surface area contributed by atoms with Gasteiger partial charge in [-0.15, -0.1) is 0 Å². The molecule has 4 nitrogen and oxygen atoms in total. The Morgan fingerprint density at radius 3 is 2.61 bits per heavy atom. The standard InChI is InChI=1S/C24H35NO3/c1-17(18-9-5-3-6-10-18)16-25-24(27)23-20-14-13-19(15-20)21(23)11-7-4-8-12-22(26)28-2/h3,5-6,9-10,17,19-21,23H,4,7-8,11-16H2,1-2H3,(H,25,27). The van der Waals surface area contributed by atoms with E-state index in [9.17, 15) is 9.59 Å². The van der Waals surface area contributed by atoms with Gasteiger partial charge in [0.2, 0.25) is 5.91 Å². The first-order valence-corrected chi connectivity index (χ1v) is 11.0. The van der Waals surface area contributed by atoms with Crippen LogP contribution >= 0.6 is 0 Å². The molecule has 0 spiro atoms. The first-order chi connectivity index (χ1) is 13.6. The Hall–Kier alpha value is -1.84. The monoisotopic (exact) mass is 385 g/mol. The molecule has 154 valence electrons. The van der Waals surface area contributed by atoms with E-state index in [0.29, 0.717) is 30.7 Å². The molecule has 0 aromatic heterocycles. The topological polar surface area (TPSA) is 55.4 Å². The summed E-state index contributed by atoms with van der Waals surface area (Å²) in [5.41, 5.74) is 1.28. The maximum Gasteiger partial charge on any atom is 0.305 e. The van der Waals surface area contributed by atoms with Crippen molar-refractivity contribution >= 4 is 11.9 Å². The first kappa shape index (κ1) is 20.9. The third kappa shape index (κ3) is 5.15. The van der Waals surface area contributed by atoms with Gasteiger partial charge in [0.1, 0.15) is 0 Å². The van der Waals surface area contributed by atoms with E-state index in [1.807, 2.05) is 6.07 Å². The van der Waals surface area contributed by atoms with Crippen LogP contribution in [-0.4, -0.2) is 25.5 Å². The fraction of sp³-hybridized carbons (Fsp3) is 0.667. The number of unbranched alkanes of at least 4 members (excludes halogenated alkanes) is 2. The van der Waals surface area contributed by atoms with Gasteiger partial charge in [-0.05, 0) is 61.3 Å². The molecule has 1 aromatic carbocycles. The predicted octanol–water partition coefficient (Wildman–Crippen LogP) is 4.69. The molecule has 28 heavy (non-hydrogen) atoms. The van der Waals surface area contributed by atoms with Crippen LogP contribution in [-0.2, 0) is 14.3 Å². The number of hydrogen-bond donors (Lipinski definition) is 1. The molecule has 4 heteroatoms. The van der Waals surface area contributed by atoms with Gasteiger partial charge in [-0.2, -0.15) is 0 Å². The predicted molar refractivity (Wildman–Crippen MR) is 111 cm³/mol. The molecule has 2 bridgehead atoms. The average molecular weight is 386 g/mol. The Balaban J connectivity index is 1.46. The van der Waals surface area contributed by atoms with Gasteiger partial charge in [0.05, 0.1) is 7.11 Å². The Kier molecular flexibility index (Phi) is 7.52. The maximum absolute atomic E-state index is 13.0. The number of ether oxygens (including phenoxy) is 1. The van der Waals surface area contributed by atoms with E-state index in [4.69, 9.17) is 4.74 Å². The Labute approximate surface area is 169 Å². The molecule has 0 radical (unpaired) electrons. The Bertz CT molecular complexity index is 645. The normalized spacial score (nSPS) is 26.8. The molecule has 1 N–H and O–H groups in total. The third-order valence-electron chi connectivity index (χ3n) is 6.99. The number of amides is 1. The minimum Gasteiger partial charge on any atom is -0.469 e. The quantitative estimate of drug-likeness (QED) is 0.469. The lowest BCUT2D eigenvalue weighted by atomic mass is 9.76. The maximum atomic E-state index is 13.0. The van der Waals surface area contributed by atoms with E-state index in [-0.39, 0.29) is 17.8 Å². The molecular weight excluding hydrogens is 350 g/mol. The van der Waals surface area contributed by atoms with Gasteiger partial charge in [-0.3, -0.25) is 9.59 Å². The van der Waals surface area contributed by atoms with Crippen LogP contribution in [0.2, 0.25) is 0 Å². The highest BCUT2D eigenvalue weighted by molar-refractivity contribution is 5.80. The number of hydrogen-bond acceptors (Lipinski definition) is 3. The number of carbonyl (C=O) groups is 2. The van der Waals surface area contributed by atoms with Crippen LogP contribution in [0.3, 0.4) is 0 Å². The third-order valence-corrected chi connectivity index (χ3v) is 6.99. The molecule has 2 aliphatic rings. The average Bonchev–Trinajstić information content (AvgIpc) is 3.33. The van der Waals surface area contributed by atoms with Gasteiger partial charge < -0.3 is 10.1 Å². The lowest BCUT2D eigenvalue weighted by Gasteiger charge is -2.30. The van der Waals surface area contributed by atoms with Crippen LogP contribution in [0.25, 0.3) is 0 Å². The van der Waals surface area contributed by atoms with Crippen molar-refractivity contribution in [1.82, 2.24) is 5.32 Å². The zero-order valence-electron chi connectivity index (χ0n) is 17.4. The minimum atomic E-state index is -0.121. The molecule has 0 aliphatic heterocycles. The van der Waals surface area contributed by atoms with Crippen molar-refractivity contribution in [1.29, 1.82) is 0 Å². The molecule has 1 amide bonds. The fourth-order valence-electron chi connectivity index (χ4n) is 5.43. The van der Waals surface area contributed by atoms with Crippen LogP contribution in [0, 0.1) is 23.7 Å². The van der Waals surface area contributed by atoms with E-state index in [0.717, 1.165) is 31.6 Å². The van der Waals surface area contributed by atoms with Crippen molar-refractivity contribution in [2.75, 3.05) is 13.7 Å². The first-order valence-electron chi connectivity index (χ1n) is 11.0. The molecule has 0 saturated heterocycles. The summed E-state index contributed by atoms with van der Waals surface area (Å²) >= 11 is 0. The van der Waals surface area contributed by atoms with Gasteiger partial charge >= 0.3 is 5.97 Å². The number of rotatable bonds is 10. The number of methoxy groups -OCH3 is 1. The molecule has 5 unspecified atom stereocenters. The largest absolute Gasteiger partial charge is 0.469 e. The van der Waals surface area contributed by atoms with Crippen molar-refractivity contribution in [3.8, 4) is 0 Å². The number of fused-ring (bicyclic) bond motifs is 2. The molecule has 2 aliphatic carbocycles. The van der Waals surface area contributed by atoms with E-state index < -0.39 is 0 Å². The molecule has 0 heterocycles. The number of benzene rings is 1. The number of carbonyl (C=O) groups excluding carboxylic acids is 2. The number of esters is 1. The lowest BCUT2D eigenvalue weighted by molar-refractivity contribution is -0.140. The highest BCUT2D eigenvalue weighted by Gasteiger charge is 2.49. The van der Waals surface area contributed by atoms with Crippen LogP contribution < -0.4 is 5.32 Å².